The van der Waals surface area contributed by atoms with Crippen molar-refractivity contribution in [3.8, 4) is 11.5 Å². The van der Waals surface area contributed by atoms with Crippen molar-refractivity contribution in [2.75, 3.05) is 0 Å². The number of hydrogen-bond donors (Lipinski definition) is 1. The zero-order valence-electron chi connectivity index (χ0n) is 9.16. The summed E-state index contributed by atoms with van der Waals surface area (Å²) in [5.74, 6) is -0.208. The highest BCUT2D eigenvalue weighted by atomic mass is 35.5. The Labute approximate surface area is 114 Å². The van der Waals surface area contributed by atoms with Crippen LogP contribution in [-0.2, 0) is 6.61 Å². The smallest absolute Gasteiger partial charge is 0.166 e. The molecule has 0 bridgehead atoms. The second-order valence-corrected chi connectivity index (χ2v) is 4.44. The van der Waals surface area contributed by atoms with Gasteiger partial charge in [0.05, 0.1) is 11.6 Å². The van der Waals surface area contributed by atoms with Crippen LogP contribution in [0.4, 0.5) is 4.39 Å². The van der Waals surface area contributed by atoms with Gasteiger partial charge in [-0.05, 0) is 35.9 Å². The molecule has 2 nitrogen and oxygen atoms in total. The lowest BCUT2D eigenvalue weighted by atomic mass is 10.2. The van der Waals surface area contributed by atoms with E-state index < -0.39 is 5.82 Å². The topological polar surface area (TPSA) is 29.5 Å². The van der Waals surface area contributed by atoms with E-state index in [2.05, 4.69) is 0 Å². The number of benzene rings is 2. The van der Waals surface area contributed by atoms with Crippen LogP contribution in [0.1, 0.15) is 5.56 Å². The molecule has 2 rings (SSSR count). The van der Waals surface area contributed by atoms with Gasteiger partial charge in [0.2, 0.25) is 0 Å². The summed E-state index contributed by atoms with van der Waals surface area (Å²) in [5.41, 5.74) is 0.474. The zero-order valence-corrected chi connectivity index (χ0v) is 10.7. The van der Waals surface area contributed by atoms with Gasteiger partial charge < -0.3 is 9.84 Å². The number of hydrogen-bond acceptors (Lipinski definition) is 2. The molecule has 1 N–H and O–H groups in total. The minimum absolute atomic E-state index is 0.0384. The molecular formula is C13H9Cl2FO2. The Morgan fingerprint density at radius 1 is 1.06 bits per heavy atom. The molecule has 0 amide bonds. The average Bonchev–Trinajstić information content (AvgIpc) is 2.34. The van der Waals surface area contributed by atoms with E-state index in [1.54, 1.807) is 18.2 Å². The van der Waals surface area contributed by atoms with Crippen LogP contribution in [0.5, 0.6) is 11.5 Å². The van der Waals surface area contributed by atoms with Crippen molar-refractivity contribution in [3.63, 3.8) is 0 Å². The van der Waals surface area contributed by atoms with Gasteiger partial charge in [0.1, 0.15) is 5.75 Å². The van der Waals surface area contributed by atoms with Crippen LogP contribution in [0.2, 0.25) is 10.0 Å². The van der Waals surface area contributed by atoms with E-state index in [0.717, 1.165) is 0 Å². The summed E-state index contributed by atoms with van der Waals surface area (Å²) < 4.78 is 19.0. The lowest BCUT2D eigenvalue weighted by Gasteiger charge is -2.09. The molecule has 2 aromatic carbocycles. The van der Waals surface area contributed by atoms with Crippen LogP contribution in [0.25, 0.3) is 0 Å². The second kappa shape index (κ2) is 5.57. The normalized spacial score (nSPS) is 10.4. The first-order valence-corrected chi connectivity index (χ1v) is 5.88. The highest BCUT2D eigenvalue weighted by Gasteiger charge is 2.08. The summed E-state index contributed by atoms with van der Waals surface area (Å²) in [6.45, 7) is -0.223. The molecule has 0 radical (unpaired) electrons. The molecule has 0 aliphatic rings. The van der Waals surface area contributed by atoms with E-state index in [1.165, 1.54) is 18.2 Å². The summed E-state index contributed by atoms with van der Waals surface area (Å²) in [6, 6.07) is 8.89. The van der Waals surface area contributed by atoms with Crippen molar-refractivity contribution in [1.82, 2.24) is 0 Å². The lowest BCUT2D eigenvalue weighted by molar-refractivity contribution is 0.281. The van der Waals surface area contributed by atoms with Crippen molar-refractivity contribution in [2.45, 2.75) is 6.61 Å². The number of aliphatic hydroxyl groups is 1. The summed E-state index contributed by atoms with van der Waals surface area (Å²) in [4.78, 5) is 0. The van der Waals surface area contributed by atoms with Crippen molar-refractivity contribution in [2.24, 2.45) is 0 Å². The Hall–Kier alpha value is -1.29. The molecule has 0 atom stereocenters. The summed E-state index contributed by atoms with van der Waals surface area (Å²) >= 11 is 11.7. The molecule has 2 aromatic rings. The first-order chi connectivity index (χ1) is 8.60. The van der Waals surface area contributed by atoms with Crippen molar-refractivity contribution < 1.29 is 14.2 Å². The second-order valence-electron chi connectivity index (χ2n) is 3.60. The molecule has 94 valence electrons. The van der Waals surface area contributed by atoms with Crippen LogP contribution < -0.4 is 4.74 Å². The van der Waals surface area contributed by atoms with Gasteiger partial charge in [0.15, 0.2) is 11.6 Å². The number of halogens is 3. The summed E-state index contributed by atoms with van der Waals surface area (Å²) in [7, 11) is 0. The van der Waals surface area contributed by atoms with Crippen LogP contribution in [0, 0.1) is 5.82 Å². The molecule has 0 fully saturated rings. The predicted octanol–water partition coefficient (Wildman–Crippen LogP) is 4.42. The number of ether oxygens (including phenoxy) is 1. The third-order valence-corrected chi connectivity index (χ3v) is 2.82. The van der Waals surface area contributed by atoms with Gasteiger partial charge in [-0.2, -0.15) is 0 Å². The van der Waals surface area contributed by atoms with Gasteiger partial charge in [-0.15, -0.1) is 0 Å². The van der Waals surface area contributed by atoms with Crippen LogP contribution >= 0.6 is 23.2 Å². The molecular weight excluding hydrogens is 278 g/mol. The van der Waals surface area contributed by atoms with Gasteiger partial charge in [-0.25, -0.2) is 4.39 Å². The van der Waals surface area contributed by atoms with Gasteiger partial charge in [-0.3, -0.25) is 0 Å². The third kappa shape index (κ3) is 2.93. The molecule has 0 aliphatic heterocycles. The SMILES string of the molecule is OCc1ccc(Oc2ccc(Cl)cc2Cl)c(F)c1. The number of aliphatic hydroxyl groups excluding tert-OH is 1. The largest absolute Gasteiger partial charge is 0.453 e. The highest BCUT2D eigenvalue weighted by molar-refractivity contribution is 6.35. The lowest BCUT2D eigenvalue weighted by Crippen LogP contribution is -1.91. The van der Waals surface area contributed by atoms with E-state index in [4.69, 9.17) is 33.0 Å². The Bertz CT molecular complexity index is 573. The molecule has 0 aliphatic carbocycles. The van der Waals surface area contributed by atoms with Gasteiger partial charge in [0.25, 0.3) is 0 Å². The molecule has 0 unspecified atom stereocenters. The van der Waals surface area contributed by atoms with E-state index >= 15 is 0 Å². The monoisotopic (exact) mass is 286 g/mol. The molecule has 0 saturated heterocycles. The summed E-state index contributed by atoms with van der Waals surface area (Å²) in [5, 5.41) is 9.65. The van der Waals surface area contributed by atoms with Crippen LogP contribution in [0.15, 0.2) is 36.4 Å². The standard InChI is InChI=1S/C13H9Cl2FO2/c14-9-2-4-12(10(15)6-9)18-13-3-1-8(7-17)5-11(13)16/h1-6,17H,7H2. The predicted molar refractivity (Wildman–Crippen MR) is 68.9 cm³/mol. The fraction of sp³-hybridized carbons (Fsp3) is 0.0769. The van der Waals surface area contributed by atoms with E-state index in [-0.39, 0.29) is 12.4 Å². The molecule has 0 aromatic heterocycles. The van der Waals surface area contributed by atoms with E-state index in [9.17, 15) is 4.39 Å². The minimum Gasteiger partial charge on any atom is -0.453 e. The minimum atomic E-state index is -0.562. The Balaban J connectivity index is 2.28. The van der Waals surface area contributed by atoms with Crippen LogP contribution in [0.3, 0.4) is 0 Å². The van der Waals surface area contributed by atoms with Gasteiger partial charge >= 0.3 is 0 Å². The summed E-state index contributed by atoms with van der Waals surface area (Å²) in [6.07, 6.45) is 0. The van der Waals surface area contributed by atoms with Crippen molar-refractivity contribution >= 4 is 23.2 Å². The van der Waals surface area contributed by atoms with Crippen LogP contribution in [-0.4, -0.2) is 5.11 Å². The first kappa shape index (κ1) is 13.1. The zero-order chi connectivity index (χ0) is 13.1. The molecule has 5 heteroatoms. The molecule has 0 spiro atoms. The highest BCUT2D eigenvalue weighted by Crippen LogP contribution is 2.32. The van der Waals surface area contributed by atoms with Gasteiger partial charge in [-0.1, -0.05) is 29.3 Å². The first-order valence-electron chi connectivity index (χ1n) is 5.12. The van der Waals surface area contributed by atoms with Gasteiger partial charge in [0, 0.05) is 5.02 Å². The number of rotatable bonds is 3. The van der Waals surface area contributed by atoms with E-state index in [0.29, 0.717) is 21.4 Å². The van der Waals surface area contributed by atoms with Crippen molar-refractivity contribution in [1.29, 1.82) is 0 Å². The average molecular weight is 287 g/mol. The quantitative estimate of drug-likeness (QED) is 0.905. The maximum absolute atomic E-state index is 13.6. The molecule has 0 saturated carbocycles. The third-order valence-electron chi connectivity index (χ3n) is 2.29. The Morgan fingerprint density at radius 3 is 2.39 bits per heavy atom. The fourth-order valence-corrected chi connectivity index (χ4v) is 1.85. The molecule has 0 heterocycles. The molecule has 18 heavy (non-hydrogen) atoms. The maximum Gasteiger partial charge on any atom is 0.166 e. The maximum atomic E-state index is 13.6. The Kier molecular flexibility index (Phi) is 4.07. The van der Waals surface area contributed by atoms with Crippen molar-refractivity contribution in [3.05, 3.63) is 57.8 Å². The van der Waals surface area contributed by atoms with E-state index in [1.807, 2.05) is 0 Å². The Morgan fingerprint density at radius 2 is 1.78 bits per heavy atom. The fourth-order valence-electron chi connectivity index (χ4n) is 1.40.